The molecule has 0 spiro atoms. The number of aromatic nitrogens is 2. The predicted molar refractivity (Wildman–Crippen MR) is 128 cm³/mol. The molecule has 174 valence electrons. The molecule has 1 aromatic carbocycles. The smallest absolute Gasteiger partial charge is 0.246 e. The second-order valence-corrected chi connectivity index (χ2v) is 10.9. The van der Waals surface area contributed by atoms with Crippen LogP contribution in [-0.2, 0) is 21.4 Å². The third-order valence-corrected chi connectivity index (χ3v) is 8.48. The number of halogens is 1. The summed E-state index contributed by atoms with van der Waals surface area (Å²) in [5.41, 5.74) is 3.73. The summed E-state index contributed by atoms with van der Waals surface area (Å²) >= 11 is 6.28. The zero-order valence-electron chi connectivity index (χ0n) is 19.1. The lowest BCUT2D eigenvalue weighted by molar-refractivity contribution is -0.127. The minimum Gasteiger partial charge on any atom is -0.339 e. The molecular formula is C23H31ClN4O3S. The third-order valence-electron chi connectivity index (χ3n) is 6.20. The lowest BCUT2D eigenvalue weighted by Gasteiger charge is -2.35. The zero-order chi connectivity index (χ0) is 23.5. The molecule has 1 aliphatic heterocycles. The normalized spacial score (nSPS) is 15.8. The Balaban J connectivity index is 1.64. The highest BCUT2D eigenvalue weighted by Crippen LogP contribution is 2.21. The summed E-state index contributed by atoms with van der Waals surface area (Å²) in [7, 11) is -1.58. The van der Waals surface area contributed by atoms with Crippen LogP contribution in [0.5, 0.6) is 0 Å². The molecule has 1 amide bonds. The summed E-state index contributed by atoms with van der Waals surface area (Å²) in [5.74, 6) is 0.0240. The summed E-state index contributed by atoms with van der Waals surface area (Å²) in [6.45, 7) is 7.21. The Morgan fingerprint density at radius 2 is 1.91 bits per heavy atom. The number of hydrogen-bond acceptors (Lipinski definition) is 4. The van der Waals surface area contributed by atoms with Gasteiger partial charge < -0.3 is 4.90 Å². The number of amides is 1. The maximum atomic E-state index is 12.7. The van der Waals surface area contributed by atoms with E-state index in [1.807, 2.05) is 48.9 Å². The van der Waals surface area contributed by atoms with E-state index < -0.39 is 10.0 Å². The summed E-state index contributed by atoms with van der Waals surface area (Å²) < 4.78 is 27.5. The fourth-order valence-electron chi connectivity index (χ4n) is 4.03. The van der Waals surface area contributed by atoms with Gasteiger partial charge in [-0.25, -0.2) is 12.7 Å². The van der Waals surface area contributed by atoms with Crippen LogP contribution in [0.2, 0.25) is 5.02 Å². The van der Waals surface area contributed by atoms with E-state index in [0.29, 0.717) is 37.5 Å². The van der Waals surface area contributed by atoms with Crippen molar-refractivity contribution in [2.24, 2.45) is 0 Å². The van der Waals surface area contributed by atoms with Gasteiger partial charge in [-0.15, -0.1) is 0 Å². The molecule has 1 saturated heterocycles. The number of carbonyl (C=O) groups is 1. The number of hydrogen-bond donors (Lipinski definition) is 0. The highest BCUT2D eigenvalue weighted by atomic mass is 35.5. The van der Waals surface area contributed by atoms with Crippen molar-refractivity contribution in [1.82, 2.24) is 19.0 Å². The summed E-state index contributed by atoms with van der Waals surface area (Å²) in [4.78, 5) is 14.5. The van der Waals surface area contributed by atoms with Crippen molar-refractivity contribution in [3.63, 3.8) is 0 Å². The average Bonchev–Trinajstić information content (AvgIpc) is 3.05. The van der Waals surface area contributed by atoms with E-state index >= 15 is 0 Å². The Bertz CT molecular complexity index is 1100. The van der Waals surface area contributed by atoms with Crippen molar-refractivity contribution >= 4 is 33.6 Å². The Hall–Kier alpha value is -2.16. The molecule has 0 radical (unpaired) electrons. The molecule has 0 N–H and O–H groups in total. The van der Waals surface area contributed by atoms with E-state index in [2.05, 4.69) is 5.10 Å². The minimum atomic E-state index is -3.22. The second kappa shape index (κ2) is 10.2. The van der Waals surface area contributed by atoms with Crippen LogP contribution in [0.3, 0.4) is 0 Å². The van der Waals surface area contributed by atoms with Crippen LogP contribution in [0.25, 0.3) is 6.08 Å². The average molecular weight is 479 g/mol. The minimum absolute atomic E-state index is 0.0551. The number of rotatable bonds is 7. The van der Waals surface area contributed by atoms with Crippen LogP contribution in [0.15, 0.2) is 30.3 Å². The molecule has 7 nitrogen and oxygen atoms in total. The van der Waals surface area contributed by atoms with Gasteiger partial charge in [0, 0.05) is 48.5 Å². The molecule has 2 heterocycles. The maximum Gasteiger partial charge on any atom is 0.246 e. The first kappa shape index (κ1) is 24.5. The predicted octanol–water partition coefficient (Wildman–Crippen LogP) is 3.49. The molecule has 32 heavy (non-hydrogen) atoms. The first-order valence-electron chi connectivity index (χ1n) is 10.8. The molecule has 0 aliphatic carbocycles. The van der Waals surface area contributed by atoms with E-state index in [4.69, 9.17) is 11.6 Å². The molecule has 2 aromatic rings. The van der Waals surface area contributed by atoms with Crippen LogP contribution in [-0.4, -0.2) is 65.2 Å². The standard InChI is InChI=1S/C23H31ClN4O3S/c1-5-32(30,31)26(4)20-12-14-27(15-13-20)23(29)11-10-21-17(2)25-28(18(21)3)16-19-8-6-7-9-22(19)24/h6-11,20H,5,12-16H2,1-4H3. The topological polar surface area (TPSA) is 75.5 Å². The van der Waals surface area contributed by atoms with Crippen molar-refractivity contribution < 1.29 is 13.2 Å². The molecule has 3 rings (SSSR count). The SMILES string of the molecule is CCS(=O)(=O)N(C)C1CCN(C(=O)C=Cc2c(C)nn(Cc3ccccc3Cl)c2C)CC1. The lowest BCUT2D eigenvalue weighted by Crippen LogP contribution is -2.47. The molecule has 0 saturated carbocycles. The third kappa shape index (κ3) is 5.42. The molecule has 0 unspecified atom stereocenters. The zero-order valence-corrected chi connectivity index (χ0v) is 20.7. The van der Waals surface area contributed by atoms with Gasteiger partial charge in [0.05, 0.1) is 18.0 Å². The van der Waals surface area contributed by atoms with Gasteiger partial charge in [-0.3, -0.25) is 9.48 Å². The van der Waals surface area contributed by atoms with Crippen molar-refractivity contribution in [3.05, 3.63) is 57.9 Å². The number of piperidine rings is 1. The molecule has 0 atom stereocenters. The Labute approximate surface area is 195 Å². The van der Waals surface area contributed by atoms with Gasteiger partial charge in [-0.05, 0) is 51.3 Å². The quantitative estimate of drug-likeness (QED) is 0.571. The van der Waals surface area contributed by atoms with Gasteiger partial charge in [-0.2, -0.15) is 5.10 Å². The molecule has 1 fully saturated rings. The summed E-state index contributed by atoms with van der Waals surface area (Å²) in [6.07, 6.45) is 4.69. The maximum absolute atomic E-state index is 12.7. The highest BCUT2D eigenvalue weighted by molar-refractivity contribution is 7.89. The molecule has 9 heteroatoms. The Kier molecular flexibility index (Phi) is 7.79. The van der Waals surface area contributed by atoms with Crippen LogP contribution in [0.4, 0.5) is 0 Å². The van der Waals surface area contributed by atoms with Crippen LogP contribution >= 0.6 is 11.6 Å². The Morgan fingerprint density at radius 1 is 1.25 bits per heavy atom. The largest absolute Gasteiger partial charge is 0.339 e. The van der Waals surface area contributed by atoms with E-state index in [9.17, 15) is 13.2 Å². The van der Waals surface area contributed by atoms with Gasteiger partial charge in [-0.1, -0.05) is 29.8 Å². The van der Waals surface area contributed by atoms with Gasteiger partial charge in [0.1, 0.15) is 0 Å². The first-order chi connectivity index (χ1) is 15.1. The molecule has 0 bridgehead atoms. The van der Waals surface area contributed by atoms with Crippen LogP contribution in [0, 0.1) is 13.8 Å². The van der Waals surface area contributed by atoms with Crippen molar-refractivity contribution in [1.29, 1.82) is 0 Å². The molecular weight excluding hydrogens is 448 g/mol. The van der Waals surface area contributed by atoms with Crippen molar-refractivity contribution in [2.75, 3.05) is 25.9 Å². The fraction of sp³-hybridized carbons (Fsp3) is 0.478. The van der Waals surface area contributed by atoms with Crippen LogP contribution < -0.4 is 0 Å². The van der Waals surface area contributed by atoms with Crippen LogP contribution in [0.1, 0.15) is 42.3 Å². The van der Waals surface area contributed by atoms with E-state index in [1.165, 1.54) is 4.31 Å². The molecule has 1 aromatic heterocycles. The van der Waals surface area contributed by atoms with E-state index in [0.717, 1.165) is 22.5 Å². The second-order valence-electron chi connectivity index (χ2n) is 8.14. The number of sulfonamides is 1. The van der Waals surface area contributed by atoms with Gasteiger partial charge in [0.15, 0.2) is 0 Å². The monoisotopic (exact) mass is 478 g/mol. The fourth-order valence-corrected chi connectivity index (χ4v) is 5.30. The molecule has 1 aliphatic rings. The van der Waals surface area contributed by atoms with E-state index in [1.54, 1.807) is 24.9 Å². The lowest BCUT2D eigenvalue weighted by atomic mass is 10.1. The van der Waals surface area contributed by atoms with Gasteiger partial charge in [0.25, 0.3) is 0 Å². The number of likely N-dealkylation sites (tertiary alicyclic amines) is 1. The highest BCUT2D eigenvalue weighted by Gasteiger charge is 2.29. The van der Waals surface area contributed by atoms with Gasteiger partial charge in [0.2, 0.25) is 15.9 Å². The summed E-state index contributed by atoms with van der Waals surface area (Å²) in [6, 6.07) is 7.63. The number of aryl methyl sites for hydroxylation is 1. The van der Waals surface area contributed by atoms with Gasteiger partial charge >= 0.3 is 0 Å². The first-order valence-corrected chi connectivity index (χ1v) is 12.8. The van der Waals surface area contributed by atoms with Crippen molar-refractivity contribution in [3.8, 4) is 0 Å². The van der Waals surface area contributed by atoms with E-state index in [-0.39, 0.29) is 17.7 Å². The summed E-state index contributed by atoms with van der Waals surface area (Å²) in [5, 5.41) is 5.32. The number of nitrogens with zero attached hydrogens (tertiary/aromatic N) is 4. The Morgan fingerprint density at radius 3 is 2.53 bits per heavy atom. The number of benzene rings is 1. The number of carbonyl (C=O) groups excluding carboxylic acids is 1. The van der Waals surface area contributed by atoms with Crippen molar-refractivity contribution in [2.45, 2.75) is 46.2 Å².